The third-order valence-corrected chi connectivity index (χ3v) is 8.31. The number of rotatable bonds is 6. The number of carbonyl (C=O) groups excluding carboxylic acids is 1. The molecule has 2 aromatic rings. The van der Waals surface area contributed by atoms with Crippen molar-refractivity contribution in [2.24, 2.45) is 0 Å². The van der Waals surface area contributed by atoms with Crippen molar-refractivity contribution < 1.29 is 30.4 Å². The molecule has 0 saturated carbocycles. The Morgan fingerprint density at radius 2 is 1.53 bits per heavy atom. The first-order valence-electron chi connectivity index (χ1n) is 9.71. The normalized spacial score (nSPS) is 16.6. The standard InChI is InChI=1S/C20H23F2N3O5S2/c1-15(25(31(2,27)28)16-8-9-18(21)19(22)14-16)20(26)23-10-12-24(13-11-23)32(29,30)17-6-4-3-5-7-17/h3-9,14-15H,10-13H2,1-2H3/t15-/m1/s1. The lowest BCUT2D eigenvalue weighted by atomic mass is 10.2. The summed E-state index contributed by atoms with van der Waals surface area (Å²) >= 11 is 0. The van der Waals surface area contributed by atoms with Gasteiger partial charge >= 0.3 is 0 Å². The van der Waals surface area contributed by atoms with Crippen LogP contribution in [0.3, 0.4) is 0 Å². The Balaban J connectivity index is 1.76. The van der Waals surface area contributed by atoms with Crippen molar-refractivity contribution in [1.29, 1.82) is 0 Å². The van der Waals surface area contributed by atoms with E-state index < -0.39 is 43.6 Å². The van der Waals surface area contributed by atoms with Crippen molar-refractivity contribution in [2.45, 2.75) is 17.9 Å². The molecule has 0 radical (unpaired) electrons. The number of anilines is 1. The third-order valence-electron chi connectivity index (χ3n) is 5.16. The van der Waals surface area contributed by atoms with Crippen LogP contribution in [-0.4, -0.2) is 70.4 Å². The minimum atomic E-state index is -4.01. The molecule has 1 amide bonds. The van der Waals surface area contributed by atoms with Gasteiger partial charge < -0.3 is 4.90 Å². The van der Waals surface area contributed by atoms with Crippen molar-refractivity contribution in [3.63, 3.8) is 0 Å². The SMILES string of the molecule is C[C@H](C(=O)N1CCN(S(=O)(=O)c2ccccc2)CC1)N(c1ccc(F)c(F)c1)S(C)(=O)=O. The van der Waals surface area contributed by atoms with Gasteiger partial charge in [0.1, 0.15) is 6.04 Å². The molecule has 174 valence electrons. The number of halogens is 2. The molecule has 1 saturated heterocycles. The largest absolute Gasteiger partial charge is 0.338 e. The highest BCUT2D eigenvalue weighted by atomic mass is 32.2. The van der Waals surface area contributed by atoms with E-state index in [4.69, 9.17) is 0 Å². The zero-order chi connectivity index (χ0) is 23.7. The highest BCUT2D eigenvalue weighted by Crippen LogP contribution is 2.25. The van der Waals surface area contributed by atoms with E-state index in [1.807, 2.05) is 0 Å². The van der Waals surface area contributed by atoms with Crippen molar-refractivity contribution in [2.75, 3.05) is 36.7 Å². The topological polar surface area (TPSA) is 95.1 Å². The lowest BCUT2D eigenvalue weighted by Crippen LogP contribution is -2.56. The summed E-state index contributed by atoms with van der Waals surface area (Å²) in [5.74, 6) is -2.95. The highest BCUT2D eigenvalue weighted by molar-refractivity contribution is 7.92. The molecule has 1 fully saturated rings. The van der Waals surface area contributed by atoms with Crippen molar-refractivity contribution >= 4 is 31.6 Å². The predicted octanol–water partition coefficient (Wildman–Crippen LogP) is 1.65. The van der Waals surface area contributed by atoms with Gasteiger partial charge in [-0.05, 0) is 31.2 Å². The molecule has 3 rings (SSSR count). The van der Waals surface area contributed by atoms with Crippen LogP contribution >= 0.6 is 0 Å². The van der Waals surface area contributed by atoms with Gasteiger partial charge in [-0.25, -0.2) is 25.6 Å². The van der Waals surface area contributed by atoms with Gasteiger partial charge in [0.15, 0.2) is 11.6 Å². The predicted molar refractivity (Wildman–Crippen MR) is 115 cm³/mol. The maximum absolute atomic E-state index is 13.7. The number of piperazine rings is 1. The highest BCUT2D eigenvalue weighted by Gasteiger charge is 2.35. The molecule has 32 heavy (non-hydrogen) atoms. The molecule has 12 heteroatoms. The minimum absolute atomic E-state index is 0.0414. The van der Waals surface area contributed by atoms with E-state index >= 15 is 0 Å². The van der Waals surface area contributed by atoms with Crippen LogP contribution in [0.5, 0.6) is 0 Å². The van der Waals surface area contributed by atoms with Crippen LogP contribution in [0.4, 0.5) is 14.5 Å². The average Bonchev–Trinajstić information content (AvgIpc) is 2.75. The summed E-state index contributed by atoms with van der Waals surface area (Å²) in [6.45, 7) is 1.55. The monoisotopic (exact) mass is 487 g/mol. The Hall–Kier alpha value is -2.57. The summed E-state index contributed by atoms with van der Waals surface area (Å²) in [5.41, 5.74) is -0.183. The van der Waals surface area contributed by atoms with Crippen LogP contribution in [0.15, 0.2) is 53.4 Å². The van der Waals surface area contributed by atoms with E-state index in [2.05, 4.69) is 0 Å². The van der Waals surface area contributed by atoms with Gasteiger partial charge in [0.05, 0.1) is 16.8 Å². The van der Waals surface area contributed by atoms with Gasteiger partial charge in [0.25, 0.3) is 0 Å². The number of sulfonamides is 2. The van der Waals surface area contributed by atoms with Gasteiger partial charge in [-0.3, -0.25) is 9.10 Å². The first kappa shape index (κ1) is 24.1. The van der Waals surface area contributed by atoms with Gasteiger partial charge in [0, 0.05) is 32.2 Å². The van der Waals surface area contributed by atoms with Crippen LogP contribution in [0, 0.1) is 11.6 Å². The van der Waals surface area contributed by atoms with Crippen LogP contribution in [0.2, 0.25) is 0 Å². The summed E-state index contributed by atoms with van der Waals surface area (Å²) in [6, 6.07) is 9.25. The molecule has 1 aliphatic heterocycles. The summed E-state index contributed by atoms with van der Waals surface area (Å²) in [6.07, 6.45) is 0.864. The molecule has 8 nitrogen and oxygen atoms in total. The average molecular weight is 488 g/mol. The molecule has 0 aromatic heterocycles. The van der Waals surface area contributed by atoms with E-state index in [1.54, 1.807) is 18.2 Å². The lowest BCUT2D eigenvalue weighted by molar-refractivity contribution is -0.133. The van der Waals surface area contributed by atoms with Crippen LogP contribution < -0.4 is 4.31 Å². The summed E-state index contributed by atoms with van der Waals surface area (Å²) in [7, 11) is -7.72. The number of nitrogens with zero attached hydrogens (tertiary/aromatic N) is 3. The Morgan fingerprint density at radius 3 is 2.06 bits per heavy atom. The summed E-state index contributed by atoms with van der Waals surface area (Å²) in [4.78, 5) is 14.5. The number of carbonyl (C=O) groups is 1. The van der Waals surface area contributed by atoms with E-state index in [0.717, 1.165) is 22.7 Å². The summed E-state index contributed by atoms with van der Waals surface area (Å²) < 4.78 is 79.2. The fraction of sp³-hybridized carbons (Fsp3) is 0.350. The fourth-order valence-electron chi connectivity index (χ4n) is 3.58. The van der Waals surface area contributed by atoms with E-state index in [-0.39, 0.29) is 36.8 Å². The van der Waals surface area contributed by atoms with Gasteiger partial charge in [-0.15, -0.1) is 0 Å². The molecule has 0 unspecified atom stereocenters. The first-order valence-corrected chi connectivity index (χ1v) is 13.0. The van der Waals surface area contributed by atoms with Crippen LogP contribution in [0.1, 0.15) is 6.92 Å². The second-order valence-electron chi connectivity index (χ2n) is 7.38. The lowest BCUT2D eigenvalue weighted by Gasteiger charge is -2.37. The quantitative estimate of drug-likeness (QED) is 0.618. The number of amides is 1. The minimum Gasteiger partial charge on any atom is -0.338 e. The van der Waals surface area contributed by atoms with Crippen molar-refractivity contribution in [1.82, 2.24) is 9.21 Å². The van der Waals surface area contributed by atoms with Crippen molar-refractivity contribution in [3.8, 4) is 0 Å². The van der Waals surface area contributed by atoms with Crippen molar-refractivity contribution in [3.05, 3.63) is 60.2 Å². The molecule has 1 aliphatic rings. The number of hydrogen-bond acceptors (Lipinski definition) is 5. The molecule has 1 heterocycles. The molecule has 0 aliphatic carbocycles. The Morgan fingerprint density at radius 1 is 0.938 bits per heavy atom. The zero-order valence-electron chi connectivity index (χ0n) is 17.5. The molecular formula is C20H23F2N3O5S2. The maximum Gasteiger partial charge on any atom is 0.246 e. The molecule has 0 bridgehead atoms. The molecule has 1 atom stereocenters. The van der Waals surface area contributed by atoms with E-state index in [0.29, 0.717) is 6.07 Å². The van der Waals surface area contributed by atoms with Crippen LogP contribution in [0.25, 0.3) is 0 Å². The van der Waals surface area contributed by atoms with Crippen LogP contribution in [-0.2, 0) is 24.8 Å². The van der Waals surface area contributed by atoms with E-state index in [9.17, 15) is 30.4 Å². The molecule has 2 aromatic carbocycles. The second kappa shape index (κ2) is 9.12. The Bertz CT molecular complexity index is 1200. The molecule has 0 spiro atoms. The second-order valence-corrected chi connectivity index (χ2v) is 11.2. The fourth-order valence-corrected chi connectivity index (χ4v) is 6.18. The maximum atomic E-state index is 13.7. The summed E-state index contributed by atoms with van der Waals surface area (Å²) in [5, 5.41) is 0. The van der Waals surface area contributed by atoms with E-state index in [1.165, 1.54) is 28.3 Å². The zero-order valence-corrected chi connectivity index (χ0v) is 19.1. The Labute approximate surface area is 186 Å². The first-order chi connectivity index (χ1) is 14.9. The Kier molecular flexibility index (Phi) is 6.86. The number of hydrogen-bond donors (Lipinski definition) is 0. The smallest absolute Gasteiger partial charge is 0.246 e. The number of benzene rings is 2. The van der Waals surface area contributed by atoms with Gasteiger partial charge in [0.2, 0.25) is 26.0 Å². The third kappa shape index (κ3) is 4.92. The molecular weight excluding hydrogens is 464 g/mol. The molecule has 0 N–H and O–H groups in total. The van der Waals surface area contributed by atoms with Gasteiger partial charge in [-0.2, -0.15) is 4.31 Å². The van der Waals surface area contributed by atoms with Gasteiger partial charge in [-0.1, -0.05) is 18.2 Å².